The normalized spacial score (nSPS) is 16.4. The molecule has 0 spiro atoms. The number of hydrazine groups is 1. The van der Waals surface area contributed by atoms with Crippen LogP contribution in [-0.2, 0) is 0 Å². The Morgan fingerprint density at radius 3 is 2.21 bits per heavy atom. The molecule has 0 aromatic rings. The number of piperidine rings is 1. The molecule has 4 N–H and O–H groups in total. The molecule has 0 bridgehead atoms. The predicted octanol–water partition coefficient (Wildman–Crippen LogP) is 6.43. The molecule has 0 aromatic heterocycles. The van der Waals surface area contributed by atoms with Crippen LogP contribution in [0, 0.1) is 5.92 Å². The van der Waals surface area contributed by atoms with E-state index in [4.69, 9.17) is 11.6 Å². The van der Waals surface area contributed by atoms with Crippen molar-refractivity contribution in [3.63, 3.8) is 0 Å². The van der Waals surface area contributed by atoms with Gasteiger partial charge in [-0.25, -0.2) is 5.84 Å². The van der Waals surface area contributed by atoms with Gasteiger partial charge in [-0.05, 0) is 44.4 Å². The summed E-state index contributed by atoms with van der Waals surface area (Å²) in [6.07, 6.45) is 21.4. The van der Waals surface area contributed by atoms with Crippen LogP contribution in [0.4, 0.5) is 0 Å². The summed E-state index contributed by atoms with van der Waals surface area (Å²) in [5.74, 6) is 8.30. The second-order valence-electron chi connectivity index (χ2n) is 8.84. The monoisotopic (exact) mass is 426 g/mol. The number of nitrogens with zero attached hydrogens (tertiary/aromatic N) is 2. The van der Waals surface area contributed by atoms with E-state index in [0.717, 1.165) is 31.0 Å². The maximum absolute atomic E-state index is 6.11. The zero-order valence-electron chi connectivity index (χ0n) is 19.5. The van der Waals surface area contributed by atoms with E-state index in [1.54, 1.807) is 5.01 Å². The molecule has 0 unspecified atom stereocenters. The quantitative estimate of drug-likeness (QED) is 0.114. The number of hydrogen-bond donors (Lipinski definition) is 2. The van der Waals surface area contributed by atoms with E-state index in [1.165, 1.54) is 102 Å². The van der Waals surface area contributed by atoms with Crippen LogP contribution in [0.2, 0.25) is 0 Å². The van der Waals surface area contributed by atoms with Gasteiger partial charge in [0.1, 0.15) is 0 Å². The Morgan fingerprint density at radius 2 is 1.55 bits per heavy atom. The van der Waals surface area contributed by atoms with E-state index in [0.29, 0.717) is 0 Å². The molecule has 4 nitrogen and oxygen atoms in total. The van der Waals surface area contributed by atoms with Crippen LogP contribution in [0.1, 0.15) is 110 Å². The minimum atomic E-state index is 0.913. The van der Waals surface area contributed by atoms with Crippen LogP contribution in [0.15, 0.2) is 11.9 Å². The Morgan fingerprint density at radius 1 is 0.931 bits per heavy atom. The van der Waals surface area contributed by atoms with Crippen LogP contribution >= 0.6 is 11.9 Å². The van der Waals surface area contributed by atoms with Crippen LogP contribution in [0.5, 0.6) is 0 Å². The fraction of sp³-hybridized carbons (Fsp3) is 0.917. The number of unbranched alkanes of at least 4 members (excludes halogenated alkanes) is 9. The van der Waals surface area contributed by atoms with Crippen molar-refractivity contribution < 1.29 is 0 Å². The number of hydrogen-bond acceptors (Lipinski definition) is 5. The molecule has 0 aromatic carbocycles. The molecular formula is C24H50N4S. The van der Waals surface area contributed by atoms with E-state index < -0.39 is 0 Å². The third kappa shape index (κ3) is 15.1. The zero-order valence-corrected chi connectivity index (χ0v) is 20.4. The molecule has 5 heteroatoms. The number of allylic oxidation sites excluding steroid dienone is 1. The summed E-state index contributed by atoms with van der Waals surface area (Å²) >= 11 is 2.10. The molecule has 1 aliphatic heterocycles. The van der Waals surface area contributed by atoms with E-state index in [9.17, 15) is 0 Å². The Labute approximate surface area is 186 Å². The third-order valence-electron chi connectivity index (χ3n) is 6.14. The van der Waals surface area contributed by atoms with Gasteiger partial charge in [-0.1, -0.05) is 83.6 Å². The summed E-state index contributed by atoms with van der Waals surface area (Å²) in [5, 5.41) is 1.77. The SMILES string of the molecule is CCCCCCN(N)/C=C(\N)CCCCCCCCCSN1CCC(CC)CC1. The van der Waals surface area contributed by atoms with Crippen molar-refractivity contribution in [1.82, 2.24) is 9.31 Å². The van der Waals surface area contributed by atoms with Gasteiger partial charge >= 0.3 is 0 Å². The first-order valence-corrected chi connectivity index (χ1v) is 13.4. The van der Waals surface area contributed by atoms with Gasteiger partial charge in [-0.2, -0.15) is 0 Å². The highest BCUT2D eigenvalue weighted by Crippen LogP contribution is 2.25. The average Bonchev–Trinajstić information content (AvgIpc) is 2.73. The minimum absolute atomic E-state index is 0.913. The lowest BCUT2D eigenvalue weighted by molar-refractivity contribution is 0.286. The van der Waals surface area contributed by atoms with Gasteiger partial charge in [0.15, 0.2) is 0 Å². The number of rotatable bonds is 18. The maximum Gasteiger partial charge on any atom is 0.0342 e. The van der Waals surface area contributed by atoms with Crippen molar-refractivity contribution in [2.75, 3.05) is 25.4 Å². The average molecular weight is 427 g/mol. The van der Waals surface area contributed by atoms with Crippen molar-refractivity contribution in [3.8, 4) is 0 Å². The Kier molecular flexibility index (Phi) is 16.9. The van der Waals surface area contributed by atoms with Crippen molar-refractivity contribution >= 4 is 11.9 Å². The van der Waals surface area contributed by atoms with Crippen molar-refractivity contribution in [3.05, 3.63) is 11.9 Å². The van der Waals surface area contributed by atoms with E-state index in [2.05, 4.69) is 30.1 Å². The first kappa shape index (κ1) is 26.6. The first-order valence-electron chi connectivity index (χ1n) is 12.5. The van der Waals surface area contributed by atoms with Gasteiger partial charge in [-0.15, -0.1) is 0 Å². The molecule has 1 heterocycles. The summed E-state index contributed by atoms with van der Waals surface area (Å²) in [7, 11) is 0. The highest BCUT2D eigenvalue weighted by Gasteiger charge is 2.17. The summed E-state index contributed by atoms with van der Waals surface area (Å²) in [5.41, 5.74) is 7.04. The maximum atomic E-state index is 6.11. The molecule has 0 radical (unpaired) electrons. The summed E-state index contributed by atoms with van der Waals surface area (Å²) in [6, 6.07) is 0. The standard InChI is InChI=1S/C24H50N4S/c1-3-5-6-13-18-27(26)22-24(25)15-12-10-8-7-9-11-14-21-29-28-19-16-23(4-2)17-20-28/h22-23H,3-21,25-26H2,1-2H3/b24-22-. The van der Waals surface area contributed by atoms with E-state index in [-0.39, 0.29) is 0 Å². The lowest BCUT2D eigenvalue weighted by Crippen LogP contribution is -2.28. The predicted molar refractivity (Wildman–Crippen MR) is 131 cm³/mol. The van der Waals surface area contributed by atoms with Gasteiger partial charge < -0.3 is 10.7 Å². The second-order valence-corrected chi connectivity index (χ2v) is 10.0. The lowest BCUT2D eigenvalue weighted by atomic mass is 9.96. The van der Waals surface area contributed by atoms with Crippen LogP contribution < -0.4 is 11.6 Å². The zero-order chi connectivity index (χ0) is 21.2. The van der Waals surface area contributed by atoms with Crippen LogP contribution in [-0.4, -0.2) is 34.7 Å². The fourth-order valence-electron chi connectivity index (χ4n) is 4.02. The number of nitrogens with two attached hydrogens (primary N) is 2. The van der Waals surface area contributed by atoms with Crippen molar-refractivity contribution in [1.29, 1.82) is 0 Å². The van der Waals surface area contributed by atoms with Crippen molar-refractivity contribution in [2.45, 2.75) is 110 Å². The van der Waals surface area contributed by atoms with E-state index in [1.807, 2.05) is 6.20 Å². The fourth-order valence-corrected chi connectivity index (χ4v) is 5.08. The van der Waals surface area contributed by atoms with Gasteiger partial charge in [-0.3, -0.25) is 4.31 Å². The van der Waals surface area contributed by atoms with Crippen molar-refractivity contribution in [2.24, 2.45) is 17.5 Å². The Hall–Kier alpha value is -0.390. The molecule has 1 aliphatic rings. The molecule has 0 amide bonds. The van der Waals surface area contributed by atoms with Gasteiger partial charge in [0, 0.05) is 37.3 Å². The summed E-state index contributed by atoms with van der Waals surface area (Å²) < 4.78 is 2.61. The molecule has 0 saturated carbocycles. The molecule has 1 fully saturated rings. The lowest BCUT2D eigenvalue weighted by Gasteiger charge is -2.30. The van der Waals surface area contributed by atoms with Gasteiger partial charge in [0.05, 0.1) is 0 Å². The highest BCUT2D eigenvalue weighted by atomic mass is 32.2. The van der Waals surface area contributed by atoms with Gasteiger partial charge in [0.2, 0.25) is 0 Å². The van der Waals surface area contributed by atoms with E-state index >= 15 is 0 Å². The van der Waals surface area contributed by atoms with Gasteiger partial charge in [0.25, 0.3) is 0 Å². The van der Waals surface area contributed by atoms with Crippen LogP contribution in [0.3, 0.4) is 0 Å². The minimum Gasteiger partial charge on any atom is -0.401 e. The molecule has 0 aliphatic carbocycles. The smallest absolute Gasteiger partial charge is 0.0342 e. The molecular weight excluding hydrogens is 376 g/mol. The molecule has 29 heavy (non-hydrogen) atoms. The first-order chi connectivity index (χ1) is 14.2. The largest absolute Gasteiger partial charge is 0.401 e. The highest BCUT2D eigenvalue weighted by molar-refractivity contribution is 7.97. The summed E-state index contributed by atoms with van der Waals surface area (Å²) in [6.45, 7) is 8.09. The van der Waals surface area contributed by atoms with Crippen LogP contribution in [0.25, 0.3) is 0 Å². The second kappa shape index (κ2) is 18.4. The third-order valence-corrected chi connectivity index (χ3v) is 7.34. The molecule has 1 rings (SSSR count). The summed E-state index contributed by atoms with van der Waals surface area (Å²) in [4.78, 5) is 0. The molecule has 1 saturated heterocycles. The Balaban J connectivity index is 1.86. The topological polar surface area (TPSA) is 58.5 Å². The molecule has 172 valence electrons. The Bertz CT molecular complexity index is 394. The molecule has 0 atom stereocenters.